The van der Waals surface area contributed by atoms with Gasteiger partial charge in [-0.1, -0.05) is 98.6 Å². The molecule has 0 radical (unpaired) electrons. The third-order valence-corrected chi connectivity index (χ3v) is 13.4. The Morgan fingerprint density at radius 2 is 1.59 bits per heavy atom. The average molecular weight is 687 g/mol. The Hall–Kier alpha value is -3.50. The van der Waals surface area contributed by atoms with Crippen LogP contribution in [0.3, 0.4) is 0 Å². The lowest BCUT2D eigenvalue weighted by Gasteiger charge is -2.41. The predicted molar refractivity (Wildman–Crippen MR) is 183 cm³/mol. The number of hydrogen-bond acceptors (Lipinski definition) is 7. The fraction of sp³-hybridized carbons (Fsp3) is 0.371. The monoisotopic (exact) mass is 685 g/mol. The summed E-state index contributed by atoms with van der Waals surface area (Å²) in [6, 6.07) is 21.7. The first-order valence-corrected chi connectivity index (χ1v) is 18.8. The molecular formula is C35H41Cl2NO7Si. The molecule has 0 spiro atoms. The van der Waals surface area contributed by atoms with Crippen LogP contribution >= 0.6 is 23.2 Å². The quantitative estimate of drug-likeness (QED) is 0.101. The van der Waals surface area contributed by atoms with Crippen molar-refractivity contribution in [1.82, 2.24) is 4.90 Å². The number of carbonyl (C=O) groups excluding carboxylic acids is 2. The summed E-state index contributed by atoms with van der Waals surface area (Å²) in [4.78, 5) is 26.6. The molecule has 2 atom stereocenters. The molecule has 11 heteroatoms. The van der Waals surface area contributed by atoms with Crippen molar-refractivity contribution in [3.63, 3.8) is 0 Å². The van der Waals surface area contributed by atoms with Crippen LogP contribution in [0.1, 0.15) is 31.9 Å². The summed E-state index contributed by atoms with van der Waals surface area (Å²) in [7, 11) is -2.15. The van der Waals surface area contributed by atoms with Gasteiger partial charge in [-0.05, 0) is 59.1 Å². The fourth-order valence-corrected chi connectivity index (χ4v) is 6.14. The van der Waals surface area contributed by atoms with Gasteiger partial charge in [-0.2, -0.15) is 0 Å². The molecule has 46 heavy (non-hydrogen) atoms. The Kier molecular flexibility index (Phi) is 12.2. The van der Waals surface area contributed by atoms with E-state index in [1.54, 1.807) is 23.1 Å². The zero-order chi connectivity index (χ0) is 33.3. The molecule has 2 unspecified atom stereocenters. The van der Waals surface area contributed by atoms with Gasteiger partial charge in [0.15, 0.2) is 14.1 Å². The van der Waals surface area contributed by atoms with Gasteiger partial charge in [0, 0.05) is 0 Å². The van der Waals surface area contributed by atoms with E-state index in [-0.39, 0.29) is 38.0 Å². The van der Waals surface area contributed by atoms with Gasteiger partial charge in [-0.15, -0.1) is 0 Å². The van der Waals surface area contributed by atoms with Crippen molar-refractivity contribution < 1.29 is 33.0 Å². The highest BCUT2D eigenvalue weighted by Crippen LogP contribution is 2.38. The van der Waals surface area contributed by atoms with Gasteiger partial charge in [-0.25, -0.2) is 4.79 Å². The molecule has 0 saturated heterocycles. The van der Waals surface area contributed by atoms with E-state index >= 15 is 0 Å². The van der Waals surface area contributed by atoms with Crippen LogP contribution in [0.25, 0.3) is 5.57 Å². The van der Waals surface area contributed by atoms with Crippen LogP contribution in [-0.2, 0) is 25.3 Å². The standard InChI is InChI=1S/C35H41Cl2NO7Si/c1-35(2,3)46(4,5)45-23-27-20-29(32(44-24-39)21-38(27)34(40)43-22-25-10-7-6-8-11-25)26-14-16-28(17-15-26)41-18-19-42-33-30(36)12-9-13-31(33)37/h6-17,20,24,27,32H,18-19,21-23H2,1-5H3. The summed E-state index contributed by atoms with van der Waals surface area (Å²) in [6.45, 7) is 12.3. The van der Waals surface area contributed by atoms with Gasteiger partial charge in [0.05, 0.1) is 29.2 Å². The van der Waals surface area contributed by atoms with Crippen molar-refractivity contribution >= 4 is 49.7 Å². The predicted octanol–water partition coefficient (Wildman–Crippen LogP) is 8.42. The van der Waals surface area contributed by atoms with E-state index < -0.39 is 26.6 Å². The lowest BCUT2D eigenvalue weighted by molar-refractivity contribution is -0.132. The first-order chi connectivity index (χ1) is 21.9. The largest absolute Gasteiger partial charge is 0.490 e. The van der Waals surface area contributed by atoms with E-state index in [0.717, 1.165) is 16.7 Å². The van der Waals surface area contributed by atoms with Crippen molar-refractivity contribution in [2.75, 3.05) is 26.4 Å². The molecular weight excluding hydrogens is 645 g/mol. The number of ether oxygens (including phenoxy) is 4. The van der Waals surface area contributed by atoms with E-state index in [2.05, 4.69) is 33.9 Å². The van der Waals surface area contributed by atoms with Gasteiger partial charge in [0.25, 0.3) is 6.47 Å². The van der Waals surface area contributed by atoms with Gasteiger partial charge in [0.2, 0.25) is 0 Å². The molecule has 1 aliphatic rings. The number of hydrogen-bond donors (Lipinski definition) is 0. The lowest BCUT2D eigenvalue weighted by Crippen LogP contribution is -2.52. The maximum absolute atomic E-state index is 13.4. The minimum atomic E-state index is -2.15. The number of rotatable bonds is 13. The summed E-state index contributed by atoms with van der Waals surface area (Å²) in [5, 5.41) is 0.845. The van der Waals surface area contributed by atoms with E-state index in [1.165, 1.54) is 0 Å². The average Bonchev–Trinajstić information content (AvgIpc) is 3.02. The second-order valence-electron chi connectivity index (χ2n) is 12.4. The molecule has 1 aliphatic heterocycles. The summed E-state index contributed by atoms with van der Waals surface area (Å²) in [5.74, 6) is 1.05. The fourth-order valence-electron chi connectivity index (χ4n) is 4.61. The van der Waals surface area contributed by atoms with Crippen LogP contribution in [0.4, 0.5) is 4.79 Å². The summed E-state index contributed by atoms with van der Waals surface area (Å²) in [6.07, 6.45) is 0.726. The number of amides is 1. The van der Waals surface area contributed by atoms with Crippen LogP contribution in [0.5, 0.6) is 11.5 Å². The van der Waals surface area contributed by atoms with Crippen LogP contribution in [0.2, 0.25) is 28.2 Å². The number of nitrogens with zero attached hydrogens (tertiary/aromatic N) is 1. The lowest BCUT2D eigenvalue weighted by atomic mass is 9.93. The van der Waals surface area contributed by atoms with Gasteiger partial charge < -0.3 is 23.4 Å². The van der Waals surface area contributed by atoms with E-state index in [0.29, 0.717) is 28.0 Å². The zero-order valence-corrected chi connectivity index (χ0v) is 29.3. The Balaban J connectivity index is 1.50. The zero-order valence-electron chi connectivity index (χ0n) is 26.8. The number of para-hydroxylation sites is 1. The molecule has 0 saturated carbocycles. The topological polar surface area (TPSA) is 83.5 Å². The molecule has 246 valence electrons. The highest BCUT2D eigenvalue weighted by atomic mass is 35.5. The first-order valence-electron chi connectivity index (χ1n) is 15.1. The second kappa shape index (κ2) is 15.9. The Morgan fingerprint density at radius 3 is 2.22 bits per heavy atom. The van der Waals surface area contributed by atoms with Crippen molar-refractivity contribution in [2.45, 2.75) is 57.7 Å². The normalized spacial score (nSPS) is 16.8. The number of benzene rings is 3. The van der Waals surface area contributed by atoms with E-state index in [1.807, 2.05) is 60.7 Å². The van der Waals surface area contributed by atoms with E-state index in [4.69, 9.17) is 46.6 Å². The molecule has 0 aliphatic carbocycles. The molecule has 1 amide bonds. The Morgan fingerprint density at radius 1 is 0.935 bits per heavy atom. The van der Waals surface area contributed by atoms with Crippen molar-refractivity contribution in [2.24, 2.45) is 0 Å². The Labute approximate surface area is 282 Å². The van der Waals surface area contributed by atoms with Crippen LogP contribution < -0.4 is 9.47 Å². The third kappa shape index (κ3) is 9.28. The Bertz CT molecular complexity index is 1470. The second-order valence-corrected chi connectivity index (χ2v) is 18.1. The number of carbonyl (C=O) groups is 2. The summed E-state index contributed by atoms with van der Waals surface area (Å²) >= 11 is 12.3. The van der Waals surface area contributed by atoms with Crippen molar-refractivity contribution in [3.05, 3.63) is 100 Å². The van der Waals surface area contributed by atoms with Gasteiger partial charge in [0.1, 0.15) is 31.7 Å². The summed E-state index contributed by atoms with van der Waals surface area (Å²) < 4.78 is 29.3. The molecule has 1 heterocycles. The van der Waals surface area contributed by atoms with E-state index in [9.17, 15) is 9.59 Å². The molecule has 0 fully saturated rings. The molecule has 3 aromatic carbocycles. The molecule has 0 aromatic heterocycles. The SMILES string of the molecule is CC(C)(C)[Si](C)(C)OCC1C=C(c2ccc(OCCOc3c(Cl)cccc3Cl)cc2)C(OC=O)CN1C(=O)OCc1ccccc1. The van der Waals surface area contributed by atoms with Crippen molar-refractivity contribution in [3.8, 4) is 11.5 Å². The molecule has 3 aromatic rings. The molecule has 0 bridgehead atoms. The molecule has 0 N–H and O–H groups in total. The maximum Gasteiger partial charge on any atom is 0.410 e. The third-order valence-electron chi connectivity index (χ3n) is 8.27. The molecule has 4 rings (SSSR count). The van der Waals surface area contributed by atoms with Gasteiger partial charge >= 0.3 is 6.09 Å². The van der Waals surface area contributed by atoms with Crippen molar-refractivity contribution in [1.29, 1.82) is 0 Å². The maximum atomic E-state index is 13.4. The van der Waals surface area contributed by atoms with Crippen LogP contribution in [0.15, 0.2) is 78.9 Å². The minimum absolute atomic E-state index is 0.0173. The van der Waals surface area contributed by atoms with Crippen LogP contribution in [-0.4, -0.2) is 64.3 Å². The first kappa shape index (κ1) is 35.4. The van der Waals surface area contributed by atoms with Crippen LogP contribution in [0, 0.1) is 0 Å². The highest BCUT2D eigenvalue weighted by molar-refractivity contribution is 6.74. The van der Waals surface area contributed by atoms with Gasteiger partial charge in [-0.3, -0.25) is 9.69 Å². The number of halogens is 2. The smallest absolute Gasteiger partial charge is 0.410 e. The highest BCUT2D eigenvalue weighted by Gasteiger charge is 2.40. The summed E-state index contributed by atoms with van der Waals surface area (Å²) in [5.41, 5.74) is 2.47. The minimum Gasteiger partial charge on any atom is -0.490 e. The molecule has 8 nitrogen and oxygen atoms in total.